The average Bonchev–Trinajstić information content (AvgIpc) is 2.92. The molecule has 4 rings (SSSR count). The number of thioether (sulfide) groups is 1. The molecule has 0 fully saturated rings. The molecule has 0 N–H and O–H groups in total. The van der Waals surface area contributed by atoms with E-state index in [-0.39, 0.29) is 12.0 Å². The fraction of sp³-hybridized carbons (Fsp3) is 0.526. The zero-order valence-electron chi connectivity index (χ0n) is 15.5. The molecule has 1 atom stereocenters. The molecule has 0 saturated heterocycles. The van der Waals surface area contributed by atoms with Crippen molar-refractivity contribution in [2.75, 3.05) is 26.0 Å². The fourth-order valence-electron chi connectivity index (χ4n) is 3.36. The molecule has 27 heavy (non-hydrogen) atoms. The molecule has 1 aromatic heterocycles. The standard InChI is InChI=1S/C19H24N4O3S/c1-22(11-14-12-25-15-7-4-5-8-16(15)26-14)18(24)13-27-19-21-20-17-9-3-2-6-10-23(17)19/h4-5,7-8,14H,2-3,6,9-13H2,1H3/t14-/m1/s1. The molecule has 0 spiro atoms. The zero-order chi connectivity index (χ0) is 18.6. The number of carbonyl (C=O) groups excluding carboxylic acids is 1. The number of fused-ring (bicyclic) bond motifs is 2. The Hall–Kier alpha value is -2.22. The van der Waals surface area contributed by atoms with Crippen LogP contribution in [0, 0.1) is 0 Å². The van der Waals surface area contributed by atoms with Gasteiger partial charge in [-0.3, -0.25) is 4.79 Å². The van der Waals surface area contributed by atoms with E-state index in [1.165, 1.54) is 18.2 Å². The zero-order valence-corrected chi connectivity index (χ0v) is 16.3. The lowest BCUT2D eigenvalue weighted by molar-refractivity contribution is -0.128. The van der Waals surface area contributed by atoms with Crippen LogP contribution >= 0.6 is 11.8 Å². The topological polar surface area (TPSA) is 69.5 Å². The monoisotopic (exact) mass is 388 g/mol. The van der Waals surface area contributed by atoms with Gasteiger partial charge < -0.3 is 18.9 Å². The van der Waals surface area contributed by atoms with E-state index in [1.54, 1.807) is 11.9 Å². The minimum atomic E-state index is -0.164. The number of aromatic nitrogens is 3. The van der Waals surface area contributed by atoms with Crippen LogP contribution in [0.15, 0.2) is 29.4 Å². The van der Waals surface area contributed by atoms with Gasteiger partial charge in [-0.05, 0) is 25.0 Å². The number of amides is 1. The number of aryl methyl sites for hydroxylation is 1. The largest absolute Gasteiger partial charge is 0.486 e. The van der Waals surface area contributed by atoms with E-state index < -0.39 is 0 Å². The average molecular weight is 388 g/mol. The summed E-state index contributed by atoms with van der Waals surface area (Å²) in [5.41, 5.74) is 0. The van der Waals surface area contributed by atoms with Gasteiger partial charge in [-0.2, -0.15) is 0 Å². The number of ether oxygens (including phenoxy) is 2. The second-order valence-corrected chi connectivity index (χ2v) is 7.86. The lowest BCUT2D eigenvalue weighted by Crippen LogP contribution is -2.42. The Bertz CT molecular complexity index is 810. The summed E-state index contributed by atoms with van der Waals surface area (Å²) >= 11 is 1.46. The molecule has 0 bridgehead atoms. The Morgan fingerprint density at radius 1 is 1.26 bits per heavy atom. The minimum Gasteiger partial charge on any atom is -0.486 e. The number of nitrogens with zero attached hydrogens (tertiary/aromatic N) is 4. The van der Waals surface area contributed by atoms with Gasteiger partial charge in [0.25, 0.3) is 0 Å². The van der Waals surface area contributed by atoms with Gasteiger partial charge in [-0.15, -0.1) is 10.2 Å². The summed E-state index contributed by atoms with van der Waals surface area (Å²) in [7, 11) is 1.80. The SMILES string of the molecule is CN(C[C@@H]1COc2ccccc2O1)C(=O)CSc1nnc2n1CCCCC2. The van der Waals surface area contributed by atoms with Gasteiger partial charge in [0.1, 0.15) is 12.4 Å². The summed E-state index contributed by atoms with van der Waals surface area (Å²) in [6.45, 7) is 1.88. The van der Waals surface area contributed by atoms with Crippen LogP contribution in [0.3, 0.4) is 0 Å². The quantitative estimate of drug-likeness (QED) is 0.733. The van der Waals surface area contributed by atoms with Crippen LogP contribution < -0.4 is 9.47 Å². The van der Waals surface area contributed by atoms with Gasteiger partial charge in [0.2, 0.25) is 5.91 Å². The number of para-hydroxylation sites is 2. The Kier molecular flexibility index (Phi) is 5.52. The molecule has 8 heteroatoms. The Labute approximate surface area is 163 Å². The summed E-state index contributed by atoms with van der Waals surface area (Å²) in [4.78, 5) is 14.2. The van der Waals surface area contributed by atoms with E-state index in [0.29, 0.717) is 18.9 Å². The third-order valence-electron chi connectivity index (χ3n) is 4.87. The highest BCUT2D eigenvalue weighted by atomic mass is 32.2. The predicted molar refractivity (Wildman–Crippen MR) is 102 cm³/mol. The van der Waals surface area contributed by atoms with E-state index in [0.717, 1.165) is 48.3 Å². The minimum absolute atomic E-state index is 0.0495. The van der Waals surface area contributed by atoms with Gasteiger partial charge >= 0.3 is 0 Å². The first-order valence-corrected chi connectivity index (χ1v) is 10.4. The van der Waals surface area contributed by atoms with Gasteiger partial charge in [0, 0.05) is 20.0 Å². The van der Waals surface area contributed by atoms with Gasteiger partial charge in [0.05, 0.1) is 12.3 Å². The Balaban J connectivity index is 1.29. The molecule has 3 heterocycles. The van der Waals surface area contributed by atoms with Crippen molar-refractivity contribution in [2.45, 2.75) is 43.5 Å². The molecule has 2 aliphatic rings. The highest BCUT2D eigenvalue weighted by molar-refractivity contribution is 7.99. The van der Waals surface area contributed by atoms with Crippen LogP contribution in [0.5, 0.6) is 11.5 Å². The van der Waals surface area contributed by atoms with Crippen LogP contribution in [-0.4, -0.2) is 57.6 Å². The maximum atomic E-state index is 12.5. The van der Waals surface area contributed by atoms with Crippen LogP contribution in [0.25, 0.3) is 0 Å². The van der Waals surface area contributed by atoms with E-state index in [4.69, 9.17) is 9.47 Å². The van der Waals surface area contributed by atoms with Gasteiger partial charge in [-0.25, -0.2) is 0 Å². The summed E-state index contributed by atoms with van der Waals surface area (Å²) in [5.74, 6) is 2.93. The molecule has 0 saturated carbocycles. The third-order valence-corrected chi connectivity index (χ3v) is 5.82. The van der Waals surface area contributed by atoms with Crippen LogP contribution in [0.1, 0.15) is 25.1 Å². The molecular weight excluding hydrogens is 364 g/mol. The molecule has 2 aliphatic heterocycles. The van der Waals surface area contributed by atoms with Crippen molar-refractivity contribution in [3.63, 3.8) is 0 Å². The maximum absolute atomic E-state index is 12.5. The van der Waals surface area contributed by atoms with Crippen LogP contribution in [-0.2, 0) is 17.8 Å². The van der Waals surface area contributed by atoms with Crippen molar-refractivity contribution < 1.29 is 14.3 Å². The van der Waals surface area contributed by atoms with Gasteiger partial charge in [-0.1, -0.05) is 30.3 Å². The Morgan fingerprint density at radius 3 is 3.00 bits per heavy atom. The number of hydrogen-bond acceptors (Lipinski definition) is 6. The van der Waals surface area contributed by atoms with E-state index in [9.17, 15) is 4.79 Å². The van der Waals surface area contributed by atoms with Crippen LogP contribution in [0.2, 0.25) is 0 Å². The van der Waals surface area contributed by atoms with E-state index in [1.807, 2.05) is 24.3 Å². The smallest absolute Gasteiger partial charge is 0.232 e. The molecule has 1 amide bonds. The molecule has 2 aromatic rings. The van der Waals surface area contributed by atoms with Crippen LogP contribution in [0.4, 0.5) is 0 Å². The Morgan fingerprint density at radius 2 is 2.11 bits per heavy atom. The summed E-state index contributed by atoms with van der Waals surface area (Å²) < 4.78 is 13.8. The molecule has 0 aliphatic carbocycles. The van der Waals surface area contributed by atoms with Crippen molar-refractivity contribution in [1.29, 1.82) is 0 Å². The molecule has 1 aromatic carbocycles. The highest BCUT2D eigenvalue weighted by Crippen LogP contribution is 2.31. The fourth-order valence-corrected chi connectivity index (χ4v) is 4.29. The highest BCUT2D eigenvalue weighted by Gasteiger charge is 2.24. The first kappa shape index (κ1) is 18.2. The molecule has 0 unspecified atom stereocenters. The van der Waals surface area contributed by atoms with Crippen molar-refractivity contribution >= 4 is 17.7 Å². The van der Waals surface area contributed by atoms with Crippen molar-refractivity contribution in [2.24, 2.45) is 0 Å². The first-order chi connectivity index (χ1) is 13.2. The predicted octanol–water partition coefficient (Wildman–Crippen LogP) is 2.40. The van der Waals surface area contributed by atoms with Gasteiger partial charge in [0.15, 0.2) is 22.8 Å². The lowest BCUT2D eigenvalue weighted by Gasteiger charge is -2.29. The molecule has 7 nitrogen and oxygen atoms in total. The molecular formula is C19H24N4O3S. The number of likely N-dealkylation sites (N-methyl/N-ethyl adjacent to an activating group) is 1. The first-order valence-electron chi connectivity index (χ1n) is 9.38. The second-order valence-electron chi connectivity index (χ2n) is 6.92. The molecule has 0 radical (unpaired) electrons. The second kappa shape index (κ2) is 8.21. The van der Waals surface area contributed by atoms with Crippen molar-refractivity contribution in [3.8, 4) is 11.5 Å². The number of benzene rings is 1. The van der Waals surface area contributed by atoms with Crippen molar-refractivity contribution in [1.82, 2.24) is 19.7 Å². The summed E-state index contributed by atoms with van der Waals surface area (Å²) in [6.07, 6.45) is 4.34. The lowest BCUT2D eigenvalue weighted by atomic mass is 10.2. The summed E-state index contributed by atoms with van der Waals surface area (Å²) in [6, 6.07) is 7.60. The number of carbonyl (C=O) groups is 1. The van der Waals surface area contributed by atoms with Crippen molar-refractivity contribution in [3.05, 3.63) is 30.1 Å². The summed E-state index contributed by atoms with van der Waals surface area (Å²) in [5, 5.41) is 9.40. The molecule has 144 valence electrons. The number of rotatable bonds is 5. The maximum Gasteiger partial charge on any atom is 0.232 e. The van der Waals surface area contributed by atoms with E-state index >= 15 is 0 Å². The van der Waals surface area contributed by atoms with E-state index in [2.05, 4.69) is 14.8 Å². The third kappa shape index (κ3) is 4.21. The normalized spacial score (nSPS) is 18.5. The number of hydrogen-bond donors (Lipinski definition) is 0.